The van der Waals surface area contributed by atoms with Crippen molar-refractivity contribution in [2.75, 3.05) is 7.11 Å². The van der Waals surface area contributed by atoms with Gasteiger partial charge in [-0.1, -0.05) is 38.0 Å². The normalized spacial score (nSPS) is 18.8. The Kier molecular flexibility index (Phi) is 3.90. The Hall–Kier alpha value is -1.54. The van der Waals surface area contributed by atoms with Gasteiger partial charge in [0.1, 0.15) is 5.75 Å². The van der Waals surface area contributed by atoms with E-state index in [1.54, 1.807) is 7.11 Å². The zero-order valence-corrected chi connectivity index (χ0v) is 13.1. The minimum absolute atomic E-state index is 0.150. The highest BCUT2D eigenvalue weighted by Gasteiger charge is 2.38. The Bertz CT molecular complexity index is 628. The number of hydrogen-bond acceptors (Lipinski definition) is 2. The van der Waals surface area contributed by atoms with Gasteiger partial charge in [0.25, 0.3) is 0 Å². The molecular weight excluding hydrogens is 258 g/mol. The predicted octanol–water partition coefficient (Wildman–Crippen LogP) is 4.82. The molecule has 2 aromatic carbocycles. The molecule has 0 aliphatic heterocycles. The molecule has 1 aliphatic rings. The first kappa shape index (κ1) is 14.4. The van der Waals surface area contributed by atoms with Crippen LogP contribution in [0.5, 0.6) is 5.75 Å². The number of nitrogens with two attached hydrogens (primary N) is 1. The topological polar surface area (TPSA) is 35.2 Å². The summed E-state index contributed by atoms with van der Waals surface area (Å²) < 4.78 is 5.29. The maximum atomic E-state index is 6.67. The average Bonchev–Trinajstić information content (AvgIpc) is 3.03. The van der Waals surface area contributed by atoms with E-state index in [4.69, 9.17) is 10.5 Å². The summed E-state index contributed by atoms with van der Waals surface area (Å²) in [4.78, 5) is 0. The van der Waals surface area contributed by atoms with Crippen LogP contribution in [0.4, 0.5) is 0 Å². The van der Waals surface area contributed by atoms with E-state index < -0.39 is 0 Å². The van der Waals surface area contributed by atoms with Crippen molar-refractivity contribution in [3.8, 4) is 5.75 Å². The fourth-order valence-corrected chi connectivity index (χ4v) is 3.88. The molecule has 0 amide bonds. The molecular formula is C19H25NO. The second-order valence-corrected chi connectivity index (χ2v) is 6.37. The standard InChI is InChI=1S/C19H25NO/c1-3-19(10-4-5-11-19)18(20)16-7-6-15-13-17(21-2)9-8-14(15)12-16/h6-9,12-13,18H,3-5,10-11,20H2,1-2H3. The summed E-state index contributed by atoms with van der Waals surface area (Å²) in [5, 5.41) is 2.45. The molecule has 0 saturated heterocycles. The summed E-state index contributed by atoms with van der Waals surface area (Å²) in [6, 6.07) is 13.0. The third-order valence-electron chi connectivity index (χ3n) is 5.39. The number of fused-ring (bicyclic) bond motifs is 1. The lowest BCUT2D eigenvalue weighted by atomic mass is 9.74. The first-order chi connectivity index (χ1) is 10.2. The third kappa shape index (κ3) is 2.53. The van der Waals surface area contributed by atoms with Crippen molar-refractivity contribution < 1.29 is 4.74 Å². The first-order valence-corrected chi connectivity index (χ1v) is 8.02. The van der Waals surface area contributed by atoms with Crippen LogP contribution in [0.15, 0.2) is 36.4 Å². The minimum Gasteiger partial charge on any atom is -0.497 e. The third-order valence-corrected chi connectivity index (χ3v) is 5.39. The van der Waals surface area contributed by atoms with Crippen molar-refractivity contribution in [2.45, 2.75) is 45.1 Å². The Labute approximate surface area is 127 Å². The van der Waals surface area contributed by atoms with Crippen LogP contribution in [0.25, 0.3) is 10.8 Å². The maximum Gasteiger partial charge on any atom is 0.119 e. The number of rotatable bonds is 4. The van der Waals surface area contributed by atoms with Gasteiger partial charge in [-0.3, -0.25) is 0 Å². The Balaban J connectivity index is 1.96. The largest absolute Gasteiger partial charge is 0.497 e. The second kappa shape index (κ2) is 5.69. The highest BCUT2D eigenvalue weighted by molar-refractivity contribution is 5.84. The lowest BCUT2D eigenvalue weighted by Gasteiger charge is -2.34. The minimum atomic E-state index is 0.150. The van der Waals surface area contributed by atoms with E-state index >= 15 is 0 Å². The van der Waals surface area contributed by atoms with Crippen LogP contribution in [-0.4, -0.2) is 7.11 Å². The van der Waals surface area contributed by atoms with Crippen LogP contribution in [0.3, 0.4) is 0 Å². The van der Waals surface area contributed by atoms with Crippen molar-refractivity contribution in [2.24, 2.45) is 11.1 Å². The van der Waals surface area contributed by atoms with E-state index in [1.807, 2.05) is 6.07 Å². The Morgan fingerprint density at radius 1 is 1.10 bits per heavy atom. The molecule has 1 atom stereocenters. The van der Waals surface area contributed by atoms with Gasteiger partial charge in [-0.25, -0.2) is 0 Å². The lowest BCUT2D eigenvalue weighted by molar-refractivity contribution is 0.222. The van der Waals surface area contributed by atoms with Crippen molar-refractivity contribution >= 4 is 10.8 Å². The quantitative estimate of drug-likeness (QED) is 0.873. The molecule has 1 unspecified atom stereocenters. The molecule has 2 nitrogen and oxygen atoms in total. The summed E-state index contributed by atoms with van der Waals surface area (Å²) >= 11 is 0. The summed E-state index contributed by atoms with van der Waals surface area (Å²) in [5.41, 5.74) is 8.25. The van der Waals surface area contributed by atoms with E-state index in [-0.39, 0.29) is 6.04 Å². The van der Waals surface area contributed by atoms with Crippen LogP contribution >= 0.6 is 0 Å². The van der Waals surface area contributed by atoms with Crippen LogP contribution in [0.2, 0.25) is 0 Å². The van der Waals surface area contributed by atoms with Crippen LogP contribution in [-0.2, 0) is 0 Å². The highest BCUT2D eigenvalue weighted by atomic mass is 16.5. The van der Waals surface area contributed by atoms with Gasteiger partial charge in [0.2, 0.25) is 0 Å². The smallest absolute Gasteiger partial charge is 0.119 e. The summed E-state index contributed by atoms with van der Waals surface area (Å²) in [6.07, 6.45) is 6.37. The van der Waals surface area contributed by atoms with Gasteiger partial charge in [0, 0.05) is 6.04 Å². The monoisotopic (exact) mass is 283 g/mol. The van der Waals surface area contributed by atoms with Crippen LogP contribution in [0.1, 0.15) is 50.6 Å². The first-order valence-electron chi connectivity index (χ1n) is 8.02. The highest BCUT2D eigenvalue weighted by Crippen LogP contribution is 2.49. The lowest BCUT2D eigenvalue weighted by Crippen LogP contribution is -2.31. The molecule has 112 valence electrons. The van der Waals surface area contributed by atoms with Gasteiger partial charge < -0.3 is 10.5 Å². The van der Waals surface area contributed by atoms with Crippen molar-refractivity contribution in [3.05, 3.63) is 42.0 Å². The molecule has 21 heavy (non-hydrogen) atoms. The van der Waals surface area contributed by atoms with Gasteiger partial charge in [0.05, 0.1) is 7.11 Å². The molecule has 0 spiro atoms. The Morgan fingerprint density at radius 3 is 2.43 bits per heavy atom. The van der Waals surface area contributed by atoms with E-state index in [2.05, 4.69) is 37.3 Å². The molecule has 2 N–H and O–H groups in total. The van der Waals surface area contributed by atoms with Crippen molar-refractivity contribution in [1.82, 2.24) is 0 Å². The van der Waals surface area contributed by atoms with Gasteiger partial charge in [-0.2, -0.15) is 0 Å². The predicted molar refractivity (Wildman–Crippen MR) is 88.6 cm³/mol. The SMILES string of the molecule is CCC1(C(N)c2ccc3cc(OC)ccc3c2)CCCC1. The summed E-state index contributed by atoms with van der Waals surface area (Å²) in [7, 11) is 1.70. The Morgan fingerprint density at radius 2 is 1.76 bits per heavy atom. The number of methoxy groups -OCH3 is 1. The molecule has 0 bridgehead atoms. The van der Waals surface area contributed by atoms with Gasteiger partial charge >= 0.3 is 0 Å². The fraction of sp³-hybridized carbons (Fsp3) is 0.474. The van der Waals surface area contributed by atoms with E-state index in [0.717, 1.165) is 5.75 Å². The molecule has 0 radical (unpaired) electrons. The molecule has 2 heteroatoms. The van der Waals surface area contributed by atoms with E-state index in [1.165, 1.54) is 48.4 Å². The maximum absolute atomic E-state index is 6.67. The number of hydrogen-bond donors (Lipinski definition) is 1. The number of benzene rings is 2. The van der Waals surface area contributed by atoms with Crippen molar-refractivity contribution in [1.29, 1.82) is 0 Å². The van der Waals surface area contributed by atoms with E-state index in [9.17, 15) is 0 Å². The van der Waals surface area contributed by atoms with E-state index in [0.29, 0.717) is 5.41 Å². The molecule has 1 fully saturated rings. The van der Waals surface area contributed by atoms with Crippen LogP contribution < -0.4 is 10.5 Å². The van der Waals surface area contributed by atoms with Crippen molar-refractivity contribution in [3.63, 3.8) is 0 Å². The molecule has 1 saturated carbocycles. The zero-order valence-electron chi connectivity index (χ0n) is 13.1. The average molecular weight is 283 g/mol. The molecule has 2 aromatic rings. The van der Waals surface area contributed by atoms with Gasteiger partial charge in [-0.05, 0) is 59.2 Å². The second-order valence-electron chi connectivity index (χ2n) is 6.37. The van der Waals surface area contributed by atoms with Gasteiger partial charge in [0.15, 0.2) is 0 Å². The van der Waals surface area contributed by atoms with Crippen LogP contribution in [0, 0.1) is 5.41 Å². The molecule has 1 aliphatic carbocycles. The molecule has 0 heterocycles. The molecule has 0 aromatic heterocycles. The summed E-state index contributed by atoms with van der Waals surface area (Å²) in [6.45, 7) is 2.29. The zero-order chi connectivity index (χ0) is 14.9. The van der Waals surface area contributed by atoms with Gasteiger partial charge in [-0.15, -0.1) is 0 Å². The molecule has 3 rings (SSSR count). The number of ether oxygens (including phenoxy) is 1. The fourth-order valence-electron chi connectivity index (χ4n) is 3.88. The summed E-state index contributed by atoms with van der Waals surface area (Å²) in [5.74, 6) is 0.903.